The van der Waals surface area contributed by atoms with E-state index in [0.29, 0.717) is 26.1 Å². The smallest absolute Gasteiger partial charge is 0.214 e. The van der Waals surface area contributed by atoms with Gasteiger partial charge in [0.15, 0.2) is 0 Å². The van der Waals surface area contributed by atoms with E-state index in [1.165, 1.54) is 0 Å². The van der Waals surface area contributed by atoms with Gasteiger partial charge in [0, 0.05) is 33.4 Å². The number of sulfonamides is 1. The average molecular weight is 236 g/mol. The minimum atomic E-state index is -3.07. The minimum absolute atomic E-state index is 0.195. The van der Waals surface area contributed by atoms with Crippen LogP contribution in [-0.4, -0.2) is 58.4 Å². The molecule has 0 bridgehead atoms. The highest BCUT2D eigenvalue weighted by molar-refractivity contribution is 7.89. The Morgan fingerprint density at radius 1 is 1.33 bits per heavy atom. The van der Waals surface area contributed by atoms with Crippen molar-refractivity contribution in [2.24, 2.45) is 0 Å². The lowest BCUT2D eigenvalue weighted by atomic mass is 10.4. The van der Waals surface area contributed by atoms with E-state index in [9.17, 15) is 8.42 Å². The summed E-state index contributed by atoms with van der Waals surface area (Å²) >= 11 is 0. The molecule has 1 aliphatic rings. The maximum absolute atomic E-state index is 11.9. The van der Waals surface area contributed by atoms with Crippen LogP contribution in [0.25, 0.3) is 0 Å². The molecule has 1 N–H and O–H groups in total. The summed E-state index contributed by atoms with van der Waals surface area (Å²) < 4.78 is 30.2. The molecule has 0 saturated carbocycles. The molecule has 0 aliphatic carbocycles. The largest absolute Gasteiger partial charge is 0.385 e. The van der Waals surface area contributed by atoms with Crippen molar-refractivity contribution in [2.45, 2.75) is 12.8 Å². The van der Waals surface area contributed by atoms with Crippen molar-refractivity contribution in [3.05, 3.63) is 0 Å². The molecule has 1 saturated heterocycles. The Labute approximate surface area is 91.8 Å². The zero-order chi connectivity index (χ0) is 11.1. The minimum Gasteiger partial charge on any atom is -0.385 e. The molecular weight excluding hydrogens is 216 g/mol. The van der Waals surface area contributed by atoms with E-state index in [1.807, 2.05) is 0 Å². The van der Waals surface area contributed by atoms with E-state index < -0.39 is 10.0 Å². The fourth-order valence-corrected chi connectivity index (χ4v) is 3.13. The number of nitrogens with zero attached hydrogens (tertiary/aromatic N) is 1. The van der Waals surface area contributed by atoms with Gasteiger partial charge in [-0.2, -0.15) is 0 Å². The van der Waals surface area contributed by atoms with Crippen LogP contribution in [0, 0.1) is 0 Å². The summed E-state index contributed by atoms with van der Waals surface area (Å²) in [6.07, 6.45) is 1.46. The molecule has 90 valence electrons. The molecule has 0 aromatic heterocycles. The third-order valence-electron chi connectivity index (χ3n) is 2.44. The predicted octanol–water partition coefficient (Wildman–Crippen LogP) is -0.352. The number of ether oxygens (including phenoxy) is 1. The van der Waals surface area contributed by atoms with Crippen LogP contribution >= 0.6 is 0 Å². The fraction of sp³-hybridized carbons (Fsp3) is 1.00. The van der Waals surface area contributed by atoms with Crippen LogP contribution in [-0.2, 0) is 14.8 Å². The summed E-state index contributed by atoms with van der Waals surface area (Å²) in [6, 6.07) is 0. The molecule has 0 radical (unpaired) electrons. The molecule has 0 unspecified atom stereocenters. The lowest BCUT2D eigenvalue weighted by Crippen LogP contribution is -2.36. The first-order valence-corrected chi connectivity index (χ1v) is 6.95. The van der Waals surface area contributed by atoms with Gasteiger partial charge in [0.05, 0.1) is 5.75 Å². The van der Waals surface area contributed by atoms with E-state index in [1.54, 1.807) is 11.4 Å². The summed E-state index contributed by atoms with van der Waals surface area (Å²) in [4.78, 5) is 0. The van der Waals surface area contributed by atoms with Gasteiger partial charge in [0.25, 0.3) is 0 Å². The highest BCUT2D eigenvalue weighted by Crippen LogP contribution is 2.06. The summed E-state index contributed by atoms with van der Waals surface area (Å²) in [5.41, 5.74) is 0. The maximum Gasteiger partial charge on any atom is 0.214 e. The third-order valence-corrected chi connectivity index (χ3v) is 4.40. The Hall–Kier alpha value is -0.170. The van der Waals surface area contributed by atoms with E-state index in [4.69, 9.17) is 4.74 Å². The van der Waals surface area contributed by atoms with Crippen molar-refractivity contribution in [3.8, 4) is 0 Å². The first-order valence-electron chi connectivity index (χ1n) is 5.34. The molecule has 1 heterocycles. The van der Waals surface area contributed by atoms with Gasteiger partial charge in [-0.05, 0) is 19.4 Å². The van der Waals surface area contributed by atoms with Gasteiger partial charge in [0.1, 0.15) is 0 Å². The first-order chi connectivity index (χ1) is 7.17. The van der Waals surface area contributed by atoms with Crippen molar-refractivity contribution in [1.82, 2.24) is 9.62 Å². The van der Waals surface area contributed by atoms with Crippen LogP contribution in [0.15, 0.2) is 0 Å². The lowest BCUT2D eigenvalue weighted by molar-refractivity contribution is 0.199. The topological polar surface area (TPSA) is 58.6 Å². The Kier molecular flexibility index (Phi) is 5.52. The van der Waals surface area contributed by atoms with Crippen LogP contribution < -0.4 is 5.32 Å². The van der Waals surface area contributed by atoms with Crippen molar-refractivity contribution in [2.75, 3.05) is 45.6 Å². The fourth-order valence-electron chi connectivity index (χ4n) is 1.61. The number of methoxy groups -OCH3 is 1. The third kappa shape index (κ3) is 4.46. The zero-order valence-corrected chi connectivity index (χ0v) is 10.1. The van der Waals surface area contributed by atoms with Crippen LogP contribution in [0.3, 0.4) is 0 Å². The number of nitrogens with one attached hydrogen (secondary N) is 1. The molecule has 1 rings (SSSR count). The Balaban J connectivity index is 2.43. The maximum atomic E-state index is 11.9. The van der Waals surface area contributed by atoms with E-state index >= 15 is 0 Å². The Morgan fingerprint density at radius 3 is 2.87 bits per heavy atom. The van der Waals surface area contributed by atoms with Crippen molar-refractivity contribution < 1.29 is 13.2 Å². The van der Waals surface area contributed by atoms with Crippen molar-refractivity contribution in [1.29, 1.82) is 0 Å². The SMILES string of the molecule is COCCCS(=O)(=O)N1CCCNCC1. The van der Waals surface area contributed by atoms with Gasteiger partial charge < -0.3 is 10.1 Å². The second-order valence-corrected chi connectivity index (χ2v) is 5.75. The number of hydrogen-bond donors (Lipinski definition) is 1. The highest BCUT2D eigenvalue weighted by Gasteiger charge is 2.21. The van der Waals surface area contributed by atoms with Gasteiger partial charge in [-0.15, -0.1) is 0 Å². The molecule has 0 aromatic rings. The molecule has 6 heteroatoms. The first kappa shape index (κ1) is 12.9. The van der Waals surface area contributed by atoms with Gasteiger partial charge in [0.2, 0.25) is 10.0 Å². The van der Waals surface area contributed by atoms with Crippen LogP contribution in [0.2, 0.25) is 0 Å². The summed E-state index contributed by atoms with van der Waals surface area (Å²) in [6.45, 7) is 3.40. The molecular formula is C9H20N2O3S. The Morgan fingerprint density at radius 2 is 2.13 bits per heavy atom. The van der Waals surface area contributed by atoms with Gasteiger partial charge in [-0.3, -0.25) is 0 Å². The Bertz CT molecular complexity index is 259. The molecule has 1 aliphatic heterocycles. The van der Waals surface area contributed by atoms with E-state index in [0.717, 1.165) is 19.5 Å². The van der Waals surface area contributed by atoms with E-state index in [2.05, 4.69) is 5.32 Å². The van der Waals surface area contributed by atoms with Crippen LogP contribution in [0.4, 0.5) is 0 Å². The summed E-state index contributed by atoms with van der Waals surface area (Å²) in [5, 5.41) is 3.19. The average Bonchev–Trinajstić information content (AvgIpc) is 2.46. The highest BCUT2D eigenvalue weighted by atomic mass is 32.2. The van der Waals surface area contributed by atoms with Gasteiger partial charge in [-0.25, -0.2) is 12.7 Å². The van der Waals surface area contributed by atoms with Crippen molar-refractivity contribution >= 4 is 10.0 Å². The zero-order valence-electron chi connectivity index (χ0n) is 9.24. The molecule has 5 nitrogen and oxygen atoms in total. The second-order valence-electron chi connectivity index (χ2n) is 3.66. The second kappa shape index (κ2) is 6.42. The molecule has 0 atom stereocenters. The van der Waals surface area contributed by atoms with Gasteiger partial charge >= 0.3 is 0 Å². The molecule has 0 aromatic carbocycles. The van der Waals surface area contributed by atoms with E-state index in [-0.39, 0.29) is 5.75 Å². The normalized spacial score (nSPS) is 20.1. The molecule has 0 amide bonds. The molecule has 15 heavy (non-hydrogen) atoms. The number of hydrogen-bond acceptors (Lipinski definition) is 4. The summed E-state index contributed by atoms with van der Waals surface area (Å²) in [5.74, 6) is 0.195. The monoisotopic (exact) mass is 236 g/mol. The van der Waals surface area contributed by atoms with Crippen LogP contribution in [0.1, 0.15) is 12.8 Å². The van der Waals surface area contributed by atoms with Gasteiger partial charge in [-0.1, -0.05) is 0 Å². The number of rotatable bonds is 5. The molecule has 1 fully saturated rings. The lowest BCUT2D eigenvalue weighted by Gasteiger charge is -2.19. The molecule has 0 spiro atoms. The predicted molar refractivity (Wildman–Crippen MR) is 59.3 cm³/mol. The quantitative estimate of drug-likeness (QED) is 0.663. The standard InChI is InChI=1S/C9H20N2O3S/c1-14-8-3-9-15(12,13)11-6-2-4-10-5-7-11/h10H,2-9H2,1H3. The van der Waals surface area contributed by atoms with Crippen LogP contribution in [0.5, 0.6) is 0 Å². The van der Waals surface area contributed by atoms with Crippen molar-refractivity contribution in [3.63, 3.8) is 0 Å². The summed E-state index contributed by atoms with van der Waals surface area (Å²) in [7, 11) is -1.48.